The van der Waals surface area contributed by atoms with Crippen molar-refractivity contribution in [2.75, 3.05) is 0 Å². The fourth-order valence-corrected chi connectivity index (χ4v) is 2.72. The molecule has 0 N–H and O–H groups in total. The summed E-state index contributed by atoms with van der Waals surface area (Å²) in [7, 11) is 0. The summed E-state index contributed by atoms with van der Waals surface area (Å²) in [6.45, 7) is 2.08. The first-order valence-electron chi connectivity index (χ1n) is 5.90. The third kappa shape index (κ3) is 2.24. The monoisotopic (exact) mass is 255 g/mol. The Balaban J connectivity index is 1.87. The van der Waals surface area contributed by atoms with Gasteiger partial charge in [-0.3, -0.25) is 9.98 Å². The largest absolute Gasteiger partial charge is 0.289 e. The zero-order chi connectivity index (χ0) is 12.4. The average molecular weight is 255 g/mol. The van der Waals surface area contributed by atoms with Gasteiger partial charge in [0.05, 0.1) is 17.7 Å². The average Bonchev–Trinajstić information content (AvgIpc) is 2.90. The van der Waals surface area contributed by atoms with Gasteiger partial charge in [0, 0.05) is 29.6 Å². The molecule has 4 heteroatoms. The maximum Gasteiger partial charge on any atom is 0.123 e. The number of thiazole rings is 1. The van der Waals surface area contributed by atoms with E-state index in [4.69, 9.17) is 0 Å². The number of aromatic nitrogens is 2. The first-order chi connectivity index (χ1) is 8.83. The molecule has 2 atom stereocenters. The molecule has 0 amide bonds. The van der Waals surface area contributed by atoms with Gasteiger partial charge >= 0.3 is 0 Å². The van der Waals surface area contributed by atoms with Gasteiger partial charge in [-0.25, -0.2) is 4.98 Å². The molecule has 1 aliphatic heterocycles. The van der Waals surface area contributed by atoms with Crippen LogP contribution in [-0.2, 0) is 0 Å². The molecule has 90 valence electrons. The lowest BCUT2D eigenvalue weighted by atomic mass is 10.0. The zero-order valence-corrected chi connectivity index (χ0v) is 10.8. The lowest BCUT2D eigenvalue weighted by Crippen LogP contribution is -2.06. The molecule has 3 rings (SSSR count). The lowest BCUT2D eigenvalue weighted by Gasteiger charge is -2.10. The van der Waals surface area contributed by atoms with Gasteiger partial charge in [0.15, 0.2) is 0 Å². The Morgan fingerprint density at radius 3 is 2.72 bits per heavy atom. The van der Waals surface area contributed by atoms with E-state index in [2.05, 4.69) is 39.4 Å². The second-order valence-corrected chi connectivity index (χ2v) is 5.12. The number of nitrogens with zero attached hydrogens (tertiary/aromatic N) is 3. The minimum absolute atomic E-state index is 0.216. The molecule has 3 nitrogen and oxygen atoms in total. The van der Waals surface area contributed by atoms with E-state index in [1.165, 1.54) is 0 Å². The van der Waals surface area contributed by atoms with Gasteiger partial charge in [0.2, 0.25) is 0 Å². The molecule has 0 aliphatic carbocycles. The first kappa shape index (κ1) is 11.3. The molecule has 1 aliphatic rings. The van der Waals surface area contributed by atoms with Crippen LogP contribution in [-0.4, -0.2) is 22.2 Å². The van der Waals surface area contributed by atoms with Crippen LogP contribution in [0.3, 0.4) is 0 Å². The summed E-state index contributed by atoms with van der Waals surface area (Å²) in [5.74, 6) is 0.216. The Hall–Kier alpha value is -1.81. The molecule has 2 aromatic heterocycles. The van der Waals surface area contributed by atoms with E-state index >= 15 is 0 Å². The number of hydrogen-bond acceptors (Lipinski definition) is 4. The minimum Gasteiger partial charge on any atom is -0.289 e. The Kier molecular flexibility index (Phi) is 3.02. The van der Waals surface area contributed by atoms with Crippen LogP contribution in [0.25, 0.3) is 10.6 Å². The molecular weight excluding hydrogens is 242 g/mol. The molecule has 3 heterocycles. The zero-order valence-electron chi connectivity index (χ0n) is 10.0. The highest BCUT2D eigenvalue weighted by atomic mass is 32.1. The first-order valence-corrected chi connectivity index (χ1v) is 6.78. The molecule has 2 aromatic rings. The van der Waals surface area contributed by atoms with Gasteiger partial charge in [-0.05, 0) is 19.1 Å². The molecular formula is C14H13N3S. The quantitative estimate of drug-likeness (QED) is 0.772. The number of dihydropyridines is 1. The molecule has 2 unspecified atom stereocenters. The minimum atomic E-state index is 0.216. The van der Waals surface area contributed by atoms with Crippen molar-refractivity contribution in [2.24, 2.45) is 4.99 Å². The molecule has 0 fully saturated rings. The maximum absolute atomic E-state index is 4.68. The second-order valence-electron chi connectivity index (χ2n) is 4.26. The number of hydrogen-bond donors (Lipinski definition) is 0. The molecule has 0 spiro atoms. The van der Waals surface area contributed by atoms with Gasteiger partial charge in [-0.15, -0.1) is 11.3 Å². The second kappa shape index (κ2) is 4.82. The predicted molar refractivity (Wildman–Crippen MR) is 75.2 cm³/mol. The number of allylic oxidation sites excluding steroid dienone is 1. The van der Waals surface area contributed by atoms with E-state index in [0.717, 1.165) is 16.3 Å². The van der Waals surface area contributed by atoms with E-state index < -0.39 is 0 Å². The molecule has 18 heavy (non-hydrogen) atoms. The SMILES string of the molecule is CC1C=CC(c2csc(-c3ccncc3)n2)C=N1. The molecule has 0 saturated carbocycles. The van der Waals surface area contributed by atoms with Crippen LogP contribution >= 0.6 is 11.3 Å². The van der Waals surface area contributed by atoms with Crippen molar-refractivity contribution in [2.45, 2.75) is 18.9 Å². The maximum atomic E-state index is 4.68. The van der Waals surface area contributed by atoms with E-state index in [9.17, 15) is 0 Å². The van der Waals surface area contributed by atoms with Crippen LogP contribution in [0, 0.1) is 0 Å². The summed E-state index contributed by atoms with van der Waals surface area (Å²) < 4.78 is 0. The van der Waals surface area contributed by atoms with Gasteiger partial charge in [-0.2, -0.15) is 0 Å². The topological polar surface area (TPSA) is 38.1 Å². The van der Waals surface area contributed by atoms with Gasteiger partial charge in [0.1, 0.15) is 5.01 Å². The third-order valence-electron chi connectivity index (χ3n) is 2.87. The number of rotatable bonds is 2. The van der Waals surface area contributed by atoms with Gasteiger partial charge < -0.3 is 0 Å². The van der Waals surface area contributed by atoms with E-state index in [0.29, 0.717) is 6.04 Å². The van der Waals surface area contributed by atoms with Crippen molar-refractivity contribution < 1.29 is 0 Å². The Bertz CT molecular complexity index is 572. The van der Waals surface area contributed by atoms with Crippen molar-refractivity contribution in [3.05, 3.63) is 47.8 Å². The summed E-state index contributed by atoms with van der Waals surface area (Å²) in [5.41, 5.74) is 2.19. The van der Waals surface area contributed by atoms with Gasteiger partial charge in [-0.1, -0.05) is 12.2 Å². The molecule has 0 saturated heterocycles. The van der Waals surface area contributed by atoms with Crippen LogP contribution in [0.5, 0.6) is 0 Å². The van der Waals surface area contributed by atoms with E-state index in [1.807, 2.05) is 18.3 Å². The summed E-state index contributed by atoms with van der Waals surface area (Å²) in [6, 6.07) is 4.25. The van der Waals surface area contributed by atoms with Crippen LogP contribution in [0.15, 0.2) is 47.1 Å². The highest BCUT2D eigenvalue weighted by Crippen LogP contribution is 2.27. The van der Waals surface area contributed by atoms with Crippen molar-refractivity contribution >= 4 is 17.6 Å². The number of pyridine rings is 1. The number of aliphatic imine (C=N–C) groups is 1. The molecule has 0 aromatic carbocycles. The predicted octanol–water partition coefficient (Wildman–Crippen LogP) is 3.32. The van der Waals surface area contributed by atoms with Gasteiger partial charge in [0.25, 0.3) is 0 Å². The summed E-state index contributed by atoms with van der Waals surface area (Å²) in [6.07, 6.45) is 9.86. The third-order valence-corrected chi connectivity index (χ3v) is 3.78. The van der Waals surface area contributed by atoms with Crippen LogP contribution < -0.4 is 0 Å². The summed E-state index contributed by atoms with van der Waals surface area (Å²) in [4.78, 5) is 13.1. The van der Waals surface area contributed by atoms with Crippen molar-refractivity contribution in [3.63, 3.8) is 0 Å². The summed E-state index contributed by atoms with van der Waals surface area (Å²) >= 11 is 1.66. The van der Waals surface area contributed by atoms with Crippen LogP contribution in [0.1, 0.15) is 18.5 Å². The smallest absolute Gasteiger partial charge is 0.123 e. The van der Waals surface area contributed by atoms with E-state index in [-0.39, 0.29) is 5.92 Å². The Morgan fingerprint density at radius 1 is 1.17 bits per heavy atom. The fraction of sp³-hybridized carbons (Fsp3) is 0.214. The Morgan fingerprint density at radius 2 is 2.00 bits per heavy atom. The lowest BCUT2D eigenvalue weighted by molar-refractivity contribution is 0.884. The normalized spacial score (nSPS) is 22.3. The van der Waals surface area contributed by atoms with Crippen LogP contribution in [0.2, 0.25) is 0 Å². The van der Waals surface area contributed by atoms with Crippen LogP contribution in [0.4, 0.5) is 0 Å². The highest BCUT2D eigenvalue weighted by molar-refractivity contribution is 7.13. The molecule has 0 bridgehead atoms. The van der Waals surface area contributed by atoms with Crippen molar-refractivity contribution in [1.82, 2.24) is 9.97 Å². The Labute approximate surface area is 110 Å². The van der Waals surface area contributed by atoms with Crippen molar-refractivity contribution in [1.29, 1.82) is 0 Å². The van der Waals surface area contributed by atoms with E-state index in [1.54, 1.807) is 23.7 Å². The molecule has 0 radical (unpaired) electrons. The highest BCUT2D eigenvalue weighted by Gasteiger charge is 2.14. The fourth-order valence-electron chi connectivity index (χ4n) is 1.85. The summed E-state index contributed by atoms with van der Waals surface area (Å²) in [5, 5.41) is 3.14. The standard InChI is InChI=1S/C14H13N3S/c1-10-2-3-12(8-16-10)13-9-18-14(17-13)11-4-6-15-7-5-11/h2-10,12H,1H3. The van der Waals surface area contributed by atoms with Crippen molar-refractivity contribution in [3.8, 4) is 10.6 Å².